The van der Waals surface area contributed by atoms with Crippen molar-refractivity contribution in [1.29, 1.82) is 0 Å². The minimum atomic E-state index is 0.752. The second kappa shape index (κ2) is 2.77. The third-order valence-electron chi connectivity index (χ3n) is 1.63. The van der Waals surface area contributed by atoms with Crippen LogP contribution in [0.25, 0.3) is 11.3 Å². The second-order valence-corrected chi connectivity index (χ2v) is 2.56. The van der Waals surface area contributed by atoms with Gasteiger partial charge in [-0.3, -0.25) is 4.98 Å². The predicted octanol–water partition coefficient (Wildman–Crippen LogP) is 2.05. The summed E-state index contributed by atoms with van der Waals surface area (Å²) in [4.78, 5) is 4.15. The number of rotatable bonds is 1. The van der Waals surface area contributed by atoms with Crippen LogP contribution in [0, 0.1) is 6.92 Å². The molecule has 2 aromatic rings. The third kappa shape index (κ3) is 1.21. The molecule has 2 heterocycles. The lowest BCUT2D eigenvalue weighted by Crippen LogP contribution is -1.80. The Bertz CT molecular complexity index is 351. The van der Waals surface area contributed by atoms with Crippen LogP contribution < -0.4 is 0 Å². The van der Waals surface area contributed by atoms with Gasteiger partial charge < -0.3 is 4.52 Å². The van der Waals surface area contributed by atoms with Gasteiger partial charge in [0.15, 0.2) is 5.76 Å². The molecule has 0 fully saturated rings. The van der Waals surface area contributed by atoms with E-state index in [0.29, 0.717) is 0 Å². The number of aromatic nitrogens is 2. The highest BCUT2D eigenvalue weighted by molar-refractivity contribution is 5.54. The van der Waals surface area contributed by atoms with E-state index in [1.165, 1.54) is 0 Å². The summed E-state index contributed by atoms with van der Waals surface area (Å²) in [5, 5.41) is 3.62. The van der Waals surface area contributed by atoms with E-state index in [1.54, 1.807) is 12.4 Å². The molecule has 0 saturated carbocycles. The Balaban J connectivity index is 2.43. The van der Waals surface area contributed by atoms with Crippen molar-refractivity contribution in [2.75, 3.05) is 0 Å². The van der Waals surface area contributed by atoms with Crippen molar-refractivity contribution in [2.24, 2.45) is 0 Å². The zero-order chi connectivity index (χ0) is 8.39. The molecule has 0 N–H and O–H groups in total. The van der Waals surface area contributed by atoms with Crippen LogP contribution >= 0.6 is 0 Å². The Morgan fingerprint density at radius 3 is 2.75 bits per heavy atom. The molecule has 2 rings (SSSR count). The van der Waals surface area contributed by atoms with Gasteiger partial charge in [-0.05, 0) is 19.1 Å². The molecule has 0 aliphatic heterocycles. The predicted molar refractivity (Wildman–Crippen MR) is 44.5 cm³/mol. The SMILES string of the molecule is Cc1ccc(-c2ccno2)cn1. The molecule has 0 aliphatic rings. The quantitative estimate of drug-likeness (QED) is 0.640. The van der Waals surface area contributed by atoms with Crippen molar-refractivity contribution in [2.45, 2.75) is 6.92 Å². The Kier molecular flexibility index (Phi) is 1.63. The lowest BCUT2D eigenvalue weighted by atomic mass is 10.2. The van der Waals surface area contributed by atoms with Gasteiger partial charge in [-0.25, -0.2) is 0 Å². The van der Waals surface area contributed by atoms with Gasteiger partial charge >= 0.3 is 0 Å². The van der Waals surface area contributed by atoms with Crippen molar-refractivity contribution in [3.8, 4) is 11.3 Å². The van der Waals surface area contributed by atoms with Crippen molar-refractivity contribution < 1.29 is 4.52 Å². The Morgan fingerprint density at radius 1 is 1.25 bits per heavy atom. The van der Waals surface area contributed by atoms with Crippen LogP contribution in [-0.2, 0) is 0 Å². The summed E-state index contributed by atoms with van der Waals surface area (Å²) >= 11 is 0. The first-order valence-electron chi connectivity index (χ1n) is 3.70. The Hall–Kier alpha value is -1.64. The van der Waals surface area contributed by atoms with Gasteiger partial charge in [-0.2, -0.15) is 0 Å². The fourth-order valence-electron chi connectivity index (χ4n) is 0.978. The molecule has 0 radical (unpaired) electrons. The zero-order valence-electron chi connectivity index (χ0n) is 6.69. The van der Waals surface area contributed by atoms with E-state index < -0.39 is 0 Å². The number of hydrogen-bond acceptors (Lipinski definition) is 3. The molecule has 3 heteroatoms. The number of nitrogens with zero attached hydrogens (tertiary/aromatic N) is 2. The number of pyridine rings is 1. The molecule has 0 amide bonds. The van der Waals surface area contributed by atoms with Crippen LogP contribution in [0.4, 0.5) is 0 Å². The molecule has 3 nitrogen and oxygen atoms in total. The van der Waals surface area contributed by atoms with Gasteiger partial charge in [0.25, 0.3) is 0 Å². The molecule has 0 unspecified atom stereocenters. The molecule has 0 bridgehead atoms. The lowest BCUT2D eigenvalue weighted by Gasteiger charge is -1.94. The van der Waals surface area contributed by atoms with E-state index in [2.05, 4.69) is 10.1 Å². The lowest BCUT2D eigenvalue weighted by molar-refractivity contribution is 0.432. The largest absolute Gasteiger partial charge is 0.356 e. The molecule has 2 aromatic heterocycles. The Morgan fingerprint density at radius 2 is 2.17 bits per heavy atom. The molecule has 0 aromatic carbocycles. The molecular formula is C9H8N2O. The van der Waals surface area contributed by atoms with Gasteiger partial charge in [0.1, 0.15) is 0 Å². The van der Waals surface area contributed by atoms with E-state index in [9.17, 15) is 0 Å². The van der Waals surface area contributed by atoms with Gasteiger partial charge in [-0.1, -0.05) is 5.16 Å². The maximum Gasteiger partial charge on any atom is 0.168 e. The van der Waals surface area contributed by atoms with Gasteiger partial charge in [-0.15, -0.1) is 0 Å². The first-order valence-corrected chi connectivity index (χ1v) is 3.70. The molecule has 0 spiro atoms. The molecule has 0 saturated heterocycles. The van der Waals surface area contributed by atoms with Crippen molar-refractivity contribution >= 4 is 0 Å². The molecular weight excluding hydrogens is 152 g/mol. The smallest absolute Gasteiger partial charge is 0.168 e. The molecule has 0 aliphatic carbocycles. The summed E-state index contributed by atoms with van der Waals surface area (Å²) in [5.41, 5.74) is 1.95. The topological polar surface area (TPSA) is 38.9 Å². The summed E-state index contributed by atoms with van der Waals surface area (Å²) in [5.74, 6) is 0.752. The highest BCUT2D eigenvalue weighted by atomic mass is 16.5. The first-order chi connectivity index (χ1) is 5.86. The normalized spacial score (nSPS) is 10.1. The van der Waals surface area contributed by atoms with Crippen molar-refractivity contribution in [1.82, 2.24) is 10.1 Å². The zero-order valence-corrected chi connectivity index (χ0v) is 6.69. The second-order valence-electron chi connectivity index (χ2n) is 2.56. The van der Waals surface area contributed by atoms with Gasteiger partial charge in [0.05, 0.1) is 6.20 Å². The third-order valence-corrected chi connectivity index (χ3v) is 1.63. The average molecular weight is 160 g/mol. The molecule has 60 valence electrons. The van der Waals surface area contributed by atoms with Crippen LogP contribution in [-0.4, -0.2) is 10.1 Å². The van der Waals surface area contributed by atoms with Crippen LogP contribution in [0.15, 0.2) is 35.1 Å². The van der Waals surface area contributed by atoms with Crippen LogP contribution in [0.3, 0.4) is 0 Å². The van der Waals surface area contributed by atoms with E-state index in [0.717, 1.165) is 17.0 Å². The fraction of sp³-hybridized carbons (Fsp3) is 0.111. The summed E-state index contributed by atoms with van der Waals surface area (Å²) in [7, 11) is 0. The molecule has 12 heavy (non-hydrogen) atoms. The van der Waals surface area contributed by atoms with Gasteiger partial charge in [0.2, 0.25) is 0 Å². The van der Waals surface area contributed by atoms with E-state index in [-0.39, 0.29) is 0 Å². The minimum Gasteiger partial charge on any atom is -0.356 e. The van der Waals surface area contributed by atoms with Crippen molar-refractivity contribution in [3.05, 3.63) is 36.3 Å². The summed E-state index contributed by atoms with van der Waals surface area (Å²) in [6.45, 7) is 1.95. The van der Waals surface area contributed by atoms with Crippen molar-refractivity contribution in [3.63, 3.8) is 0 Å². The van der Waals surface area contributed by atoms with E-state index >= 15 is 0 Å². The van der Waals surface area contributed by atoms with E-state index in [4.69, 9.17) is 4.52 Å². The fourth-order valence-corrected chi connectivity index (χ4v) is 0.978. The average Bonchev–Trinajstić information content (AvgIpc) is 2.58. The Labute approximate surface area is 70.0 Å². The van der Waals surface area contributed by atoms with Crippen LogP contribution in [0.5, 0.6) is 0 Å². The summed E-state index contributed by atoms with van der Waals surface area (Å²) in [6, 6.07) is 5.72. The van der Waals surface area contributed by atoms with Crippen LogP contribution in [0.1, 0.15) is 5.69 Å². The van der Waals surface area contributed by atoms with Crippen LogP contribution in [0.2, 0.25) is 0 Å². The number of aryl methyl sites for hydroxylation is 1. The standard InChI is InChI=1S/C9H8N2O/c1-7-2-3-8(6-10-7)9-4-5-11-12-9/h2-6H,1H3. The van der Waals surface area contributed by atoms with E-state index in [1.807, 2.05) is 25.1 Å². The number of hydrogen-bond donors (Lipinski definition) is 0. The van der Waals surface area contributed by atoms with Gasteiger partial charge in [0, 0.05) is 23.5 Å². The summed E-state index contributed by atoms with van der Waals surface area (Å²) in [6.07, 6.45) is 3.39. The first kappa shape index (κ1) is 7.03. The monoisotopic (exact) mass is 160 g/mol. The molecule has 0 atom stereocenters. The highest BCUT2D eigenvalue weighted by Crippen LogP contribution is 2.16. The maximum atomic E-state index is 4.97. The summed E-state index contributed by atoms with van der Waals surface area (Å²) < 4.78 is 4.97. The maximum absolute atomic E-state index is 4.97. The highest BCUT2D eigenvalue weighted by Gasteiger charge is 1.99. The minimum absolute atomic E-state index is 0.752.